The van der Waals surface area contributed by atoms with E-state index in [1.807, 2.05) is 0 Å². The summed E-state index contributed by atoms with van der Waals surface area (Å²) < 4.78 is 33.4. The Labute approximate surface area is 121 Å². The lowest BCUT2D eigenvalue weighted by atomic mass is 9.81. The third kappa shape index (κ3) is 4.34. The summed E-state index contributed by atoms with van der Waals surface area (Å²) in [6.45, 7) is 3.00. The summed E-state index contributed by atoms with van der Waals surface area (Å²) in [6.07, 6.45) is -0.901. The number of carboxylic acid groups (broad SMARTS) is 1. The second kappa shape index (κ2) is 5.95. The molecule has 0 aliphatic rings. The Morgan fingerprint density at radius 1 is 1.40 bits per heavy atom. The molecule has 0 aliphatic heterocycles. The summed E-state index contributed by atoms with van der Waals surface area (Å²) in [4.78, 5) is 10.7. The zero-order valence-electron chi connectivity index (χ0n) is 11.5. The first-order chi connectivity index (χ1) is 9.07. The normalized spacial score (nSPS) is 12.3. The maximum Gasteiger partial charge on any atom is 0.303 e. The number of hydrogen-bond acceptors (Lipinski definition) is 2. The Hall–Kier alpha value is -1.36. The van der Waals surface area contributed by atoms with Gasteiger partial charge in [0.25, 0.3) is 5.92 Å². The molecule has 0 spiro atoms. The first-order valence-electron chi connectivity index (χ1n) is 6.01. The Balaban J connectivity index is 2.98. The molecule has 0 atom stereocenters. The van der Waals surface area contributed by atoms with E-state index in [4.69, 9.17) is 21.4 Å². The van der Waals surface area contributed by atoms with Crippen molar-refractivity contribution >= 4 is 17.6 Å². The molecule has 0 bridgehead atoms. The number of aliphatic carboxylic acids is 1. The Bertz CT molecular complexity index is 501. The number of carbonyl (C=O) groups is 1. The smallest absolute Gasteiger partial charge is 0.303 e. The lowest BCUT2D eigenvalue weighted by Gasteiger charge is -2.28. The van der Waals surface area contributed by atoms with Gasteiger partial charge in [-0.25, -0.2) is 8.78 Å². The van der Waals surface area contributed by atoms with Crippen LogP contribution in [0.4, 0.5) is 8.78 Å². The van der Waals surface area contributed by atoms with Crippen molar-refractivity contribution in [1.82, 2.24) is 0 Å². The van der Waals surface area contributed by atoms with Crippen LogP contribution in [0.2, 0.25) is 5.02 Å². The molecule has 0 aromatic heterocycles. The lowest BCUT2D eigenvalue weighted by molar-refractivity contribution is -0.140. The average Bonchev–Trinajstić information content (AvgIpc) is 2.25. The molecule has 0 aliphatic carbocycles. The maximum atomic E-state index is 14.2. The molecule has 1 aromatic carbocycles. The van der Waals surface area contributed by atoms with Crippen LogP contribution >= 0.6 is 11.6 Å². The summed E-state index contributed by atoms with van der Waals surface area (Å²) in [5, 5.41) is 8.84. The van der Waals surface area contributed by atoms with Crippen molar-refractivity contribution in [2.45, 2.75) is 32.6 Å². The van der Waals surface area contributed by atoms with E-state index in [9.17, 15) is 13.6 Å². The van der Waals surface area contributed by atoms with Gasteiger partial charge >= 0.3 is 5.97 Å². The van der Waals surface area contributed by atoms with E-state index >= 15 is 0 Å². The number of benzene rings is 1. The summed E-state index contributed by atoms with van der Waals surface area (Å²) in [5.74, 6) is -3.94. The van der Waals surface area contributed by atoms with E-state index in [1.54, 1.807) is 0 Å². The third-order valence-corrected chi connectivity index (χ3v) is 3.20. The predicted octanol–water partition coefficient (Wildman–Crippen LogP) is 4.33. The maximum absolute atomic E-state index is 14.2. The van der Waals surface area contributed by atoms with Crippen molar-refractivity contribution in [3.8, 4) is 5.75 Å². The van der Waals surface area contributed by atoms with Crippen LogP contribution in [0.3, 0.4) is 0 Å². The summed E-state index contributed by atoms with van der Waals surface area (Å²) in [6, 6.07) is 3.76. The fourth-order valence-corrected chi connectivity index (χ4v) is 2.33. The minimum atomic E-state index is -3.16. The monoisotopic (exact) mass is 306 g/mol. The SMILES string of the molecule is COc1ccc(C(F)(F)CC(C)(C)CC(=O)O)cc1Cl. The standard InChI is InChI=1S/C14H17ClF2O3/c1-13(2,7-12(18)19)8-14(16,17)9-4-5-11(20-3)10(15)6-9/h4-6H,7-8H2,1-3H3,(H,18,19). The highest BCUT2D eigenvalue weighted by atomic mass is 35.5. The average molecular weight is 307 g/mol. The first kappa shape index (κ1) is 16.7. The Morgan fingerprint density at radius 3 is 2.45 bits per heavy atom. The molecule has 3 nitrogen and oxygen atoms in total. The van der Waals surface area contributed by atoms with Crippen molar-refractivity contribution in [1.29, 1.82) is 0 Å². The van der Waals surface area contributed by atoms with Crippen LogP contribution in [0.5, 0.6) is 5.75 Å². The van der Waals surface area contributed by atoms with Gasteiger partial charge in [0.2, 0.25) is 0 Å². The van der Waals surface area contributed by atoms with Gasteiger partial charge in [-0.15, -0.1) is 0 Å². The van der Waals surface area contributed by atoms with Crippen LogP contribution < -0.4 is 4.74 Å². The van der Waals surface area contributed by atoms with Gasteiger partial charge in [-0.3, -0.25) is 4.79 Å². The summed E-state index contributed by atoms with van der Waals surface area (Å²) >= 11 is 5.84. The third-order valence-electron chi connectivity index (χ3n) is 2.90. The zero-order valence-corrected chi connectivity index (χ0v) is 12.3. The first-order valence-corrected chi connectivity index (χ1v) is 6.39. The number of carboxylic acids is 1. The van der Waals surface area contributed by atoms with Gasteiger partial charge in [-0.1, -0.05) is 25.4 Å². The highest BCUT2D eigenvalue weighted by Gasteiger charge is 2.39. The molecule has 0 saturated heterocycles. The van der Waals surface area contributed by atoms with Crippen molar-refractivity contribution in [3.05, 3.63) is 28.8 Å². The molecule has 1 aromatic rings. The van der Waals surface area contributed by atoms with E-state index in [-0.39, 0.29) is 17.0 Å². The summed E-state index contributed by atoms with van der Waals surface area (Å²) in [7, 11) is 1.40. The molecule has 0 fully saturated rings. The minimum Gasteiger partial charge on any atom is -0.495 e. The van der Waals surface area contributed by atoms with Crippen molar-refractivity contribution in [3.63, 3.8) is 0 Å². The zero-order chi connectivity index (χ0) is 15.6. The van der Waals surface area contributed by atoms with Gasteiger partial charge in [0.05, 0.1) is 18.6 Å². The van der Waals surface area contributed by atoms with Gasteiger partial charge in [0.1, 0.15) is 5.75 Å². The molecular weight excluding hydrogens is 290 g/mol. The Morgan fingerprint density at radius 2 is 2.00 bits per heavy atom. The number of ether oxygens (including phenoxy) is 1. The number of halogens is 3. The molecule has 20 heavy (non-hydrogen) atoms. The lowest BCUT2D eigenvalue weighted by Crippen LogP contribution is -2.26. The quantitative estimate of drug-likeness (QED) is 0.851. The molecule has 0 amide bonds. The Kier molecular flexibility index (Phi) is 4.97. The second-order valence-electron chi connectivity index (χ2n) is 5.47. The number of methoxy groups -OCH3 is 1. The van der Waals surface area contributed by atoms with Crippen LogP contribution in [0.15, 0.2) is 18.2 Å². The van der Waals surface area contributed by atoms with Gasteiger partial charge in [0.15, 0.2) is 0 Å². The van der Waals surface area contributed by atoms with Gasteiger partial charge in [-0.2, -0.15) is 0 Å². The number of rotatable bonds is 6. The largest absolute Gasteiger partial charge is 0.495 e. The van der Waals surface area contributed by atoms with E-state index in [1.165, 1.54) is 33.1 Å². The van der Waals surface area contributed by atoms with Crippen molar-refractivity contribution in [2.75, 3.05) is 7.11 Å². The van der Waals surface area contributed by atoms with E-state index in [0.29, 0.717) is 5.75 Å². The van der Waals surface area contributed by atoms with Gasteiger partial charge in [-0.05, 0) is 23.6 Å². The molecule has 6 heteroatoms. The molecule has 1 rings (SSSR count). The van der Waals surface area contributed by atoms with Gasteiger partial charge < -0.3 is 9.84 Å². The topological polar surface area (TPSA) is 46.5 Å². The van der Waals surface area contributed by atoms with E-state index < -0.39 is 23.7 Å². The number of hydrogen-bond donors (Lipinski definition) is 1. The molecule has 0 heterocycles. The predicted molar refractivity (Wildman–Crippen MR) is 72.5 cm³/mol. The molecular formula is C14H17ClF2O3. The van der Waals surface area contributed by atoms with E-state index in [2.05, 4.69) is 0 Å². The van der Waals surface area contributed by atoms with Crippen LogP contribution in [0, 0.1) is 5.41 Å². The fraction of sp³-hybridized carbons (Fsp3) is 0.500. The highest BCUT2D eigenvalue weighted by molar-refractivity contribution is 6.32. The molecule has 0 unspecified atom stereocenters. The van der Waals surface area contributed by atoms with Crippen LogP contribution in [0.25, 0.3) is 0 Å². The molecule has 112 valence electrons. The van der Waals surface area contributed by atoms with Crippen LogP contribution in [-0.2, 0) is 10.7 Å². The number of alkyl halides is 2. The minimum absolute atomic E-state index is 0.0979. The summed E-state index contributed by atoms with van der Waals surface area (Å²) in [5.41, 5.74) is -1.27. The van der Waals surface area contributed by atoms with Crippen molar-refractivity contribution in [2.24, 2.45) is 5.41 Å². The fourth-order valence-electron chi connectivity index (χ4n) is 2.07. The molecule has 0 saturated carbocycles. The molecule has 0 radical (unpaired) electrons. The second-order valence-corrected chi connectivity index (χ2v) is 5.87. The van der Waals surface area contributed by atoms with E-state index in [0.717, 1.165) is 6.07 Å². The van der Waals surface area contributed by atoms with Crippen LogP contribution in [-0.4, -0.2) is 18.2 Å². The highest BCUT2D eigenvalue weighted by Crippen LogP contribution is 2.43. The van der Waals surface area contributed by atoms with Crippen molar-refractivity contribution < 1.29 is 23.4 Å². The molecule has 1 N–H and O–H groups in total. The van der Waals surface area contributed by atoms with Crippen LogP contribution in [0.1, 0.15) is 32.3 Å². The van der Waals surface area contributed by atoms with Gasteiger partial charge in [0, 0.05) is 12.0 Å².